The van der Waals surface area contributed by atoms with Gasteiger partial charge in [0.25, 0.3) is 11.8 Å². The molecule has 2 amide bonds. The van der Waals surface area contributed by atoms with E-state index >= 15 is 0 Å². The lowest BCUT2D eigenvalue weighted by atomic mass is 10.2. The van der Waals surface area contributed by atoms with Gasteiger partial charge in [0.05, 0.1) is 11.4 Å². The Kier molecular flexibility index (Phi) is 8.54. The molecule has 30 heavy (non-hydrogen) atoms. The fraction of sp³-hybridized carbons (Fsp3) is 0.250. The topological polar surface area (TPSA) is 93.7 Å². The number of rotatable bonds is 9. The average Bonchev–Trinajstić information content (AvgIpc) is 2.69. The highest BCUT2D eigenvalue weighted by molar-refractivity contribution is 6.32. The molecule has 0 radical (unpaired) electrons. The predicted octanol–water partition coefficient (Wildman–Crippen LogP) is 3.63. The molecule has 0 aromatic heterocycles. The van der Waals surface area contributed by atoms with Crippen LogP contribution in [0.2, 0.25) is 5.02 Å². The number of nitrogens with one attached hydrogen (secondary N) is 2. The fourth-order valence-electron chi connectivity index (χ4n) is 2.37. The van der Waals surface area contributed by atoms with Crippen molar-refractivity contribution < 1.29 is 32.6 Å². The van der Waals surface area contributed by atoms with Gasteiger partial charge in [-0.05, 0) is 37.3 Å². The molecule has 0 aliphatic heterocycles. The van der Waals surface area contributed by atoms with Crippen molar-refractivity contribution in [2.75, 3.05) is 11.9 Å². The number of esters is 1. The molecule has 0 saturated carbocycles. The van der Waals surface area contributed by atoms with Crippen LogP contribution in [0, 0.1) is 0 Å². The number of carbonyl (C=O) groups excluding carboxylic acids is 3. The molecule has 0 aliphatic carbocycles. The Morgan fingerprint density at radius 3 is 2.43 bits per heavy atom. The third-order valence-electron chi connectivity index (χ3n) is 3.68. The van der Waals surface area contributed by atoms with Gasteiger partial charge in [-0.1, -0.05) is 29.8 Å². The smallest absolute Gasteiger partial charge is 0.387 e. The van der Waals surface area contributed by atoms with Crippen LogP contribution >= 0.6 is 11.6 Å². The summed E-state index contributed by atoms with van der Waals surface area (Å²) in [6, 6.07) is 11.7. The Balaban J connectivity index is 1.75. The minimum atomic E-state index is -3.03. The Bertz CT molecular complexity index is 896. The molecule has 160 valence electrons. The van der Waals surface area contributed by atoms with Gasteiger partial charge in [0.2, 0.25) is 0 Å². The van der Waals surface area contributed by atoms with E-state index in [1.807, 2.05) is 0 Å². The number of hydrogen-bond donors (Lipinski definition) is 2. The maximum Gasteiger partial charge on any atom is 0.387 e. The van der Waals surface area contributed by atoms with Crippen molar-refractivity contribution in [3.63, 3.8) is 0 Å². The number of halogens is 3. The van der Waals surface area contributed by atoms with Crippen molar-refractivity contribution in [2.24, 2.45) is 0 Å². The molecule has 0 bridgehead atoms. The standard InChI is InChI=1S/C20H19ClF2N2O5/c1-12(24-19(28)13-5-3-2-4-6-13)9-18(27)29-11-17(26)25-14-7-8-16(15(21)10-14)30-20(22)23/h2-8,10,12,20H,9,11H2,1H3,(H,24,28)(H,25,26). The summed E-state index contributed by atoms with van der Waals surface area (Å²) in [4.78, 5) is 35.8. The van der Waals surface area contributed by atoms with E-state index in [0.717, 1.165) is 0 Å². The molecule has 0 saturated heterocycles. The number of amides is 2. The summed E-state index contributed by atoms with van der Waals surface area (Å²) in [5.41, 5.74) is 0.673. The van der Waals surface area contributed by atoms with Gasteiger partial charge in [0.1, 0.15) is 5.75 Å². The first kappa shape index (κ1) is 23.1. The zero-order chi connectivity index (χ0) is 22.1. The lowest BCUT2D eigenvalue weighted by molar-refractivity contribution is -0.147. The molecule has 2 aromatic rings. The van der Waals surface area contributed by atoms with Crippen LogP contribution in [0.15, 0.2) is 48.5 Å². The van der Waals surface area contributed by atoms with Crippen molar-refractivity contribution in [1.29, 1.82) is 0 Å². The number of benzene rings is 2. The monoisotopic (exact) mass is 440 g/mol. The SMILES string of the molecule is CC(CC(=O)OCC(=O)Nc1ccc(OC(F)F)c(Cl)c1)NC(=O)c1ccccc1. The van der Waals surface area contributed by atoms with E-state index in [9.17, 15) is 23.2 Å². The largest absolute Gasteiger partial charge is 0.455 e. The number of alkyl halides is 2. The van der Waals surface area contributed by atoms with Crippen LogP contribution in [0.3, 0.4) is 0 Å². The summed E-state index contributed by atoms with van der Waals surface area (Å²) in [5, 5.41) is 4.95. The zero-order valence-electron chi connectivity index (χ0n) is 15.9. The highest BCUT2D eigenvalue weighted by atomic mass is 35.5. The summed E-state index contributed by atoms with van der Waals surface area (Å²) in [6.45, 7) is -1.96. The van der Waals surface area contributed by atoms with Crippen LogP contribution in [-0.2, 0) is 14.3 Å². The first-order chi connectivity index (χ1) is 14.2. The predicted molar refractivity (Wildman–Crippen MR) is 106 cm³/mol. The van der Waals surface area contributed by atoms with Gasteiger partial charge in [0.15, 0.2) is 6.61 Å². The molecule has 2 N–H and O–H groups in total. The van der Waals surface area contributed by atoms with Crippen molar-refractivity contribution in [3.05, 3.63) is 59.1 Å². The van der Waals surface area contributed by atoms with Crippen molar-refractivity contribution >= 4 is 35.1 Å². The molecule has 0 heterocycles. The van der Waals surface area contributed by atoms with Crippen LogP contribution < -0.4 is 15.4 Å². The highest BCUT2D eigenvalue weighted by Gasteiger charge is 2.16. The summed E-state index contributed by atoms with van der Waals surface area (Å²) in [6.07, 6.45) is -0.128. The van der Waals surface area contributed by atoms with Crippen molar-refractivity contribution in [1.82, 2.24) is 5.32 Å². The molecule has 1 atom stereocenters. The normalized spacial score (nSPS) is 11.5. The minimum absolute atomic E-state index is 0.118. The number of anilines is 1. The number of hydrogen-bond acceptors (Lipinski definition) is 5. The molecule has 7 nitrogen and oxygen atoms in total. The Morgan fingerprint density at radius 1 is 1.10 bits per heavy atom. The van der Waals surface area contributed by atoms with E-state index in [-0.39, 0.29) is 28.8 Å². The van der Waals surface area contributed by atoms with E-state index in [1.54, 1.807) is 37.3 Å². The zero-order valence-corrected chi connectivity index (χ0v) is 16.6. The van der Waals surface area contributed by atoms with Crippen molar-refractivity contribution in [3.8, 4) is 5.75 Å². The van der Waals surface area contributed by atoms with Gasteiger partial charge in [-0.2, -0.15) is 8.78 Å². The molecule has 0 aliphatic rings. The third kappa shape index (κ3) is 7.67. The molecule has 2 aromatic carbocycles. The van der Waals surface area contributed by atoms with Gasteiger partial charge < -0.3 is 20.1 Å². The van der Waals surface area contributed by atoms with Gasteiger partial charge >= 0.3 is 12.6 Å². The second-order valence-corrected chi connectivity index (χ2v) is 6.58. The van der Waals surface area contributed by atoms with E-state index in [4.69, 9.17) is 16.3 Å². The summed E-state index contributed by atoms with van der Waals surface area (Å²) in [7, 11) is 0. The van der Waals surface area contributed by atoms with E-state index < -0.39 is 31.1 Å². The Labute approximate surface area is 176 Å². The molecule has 10 heteroatoms. The lowest BCUT2D eigenvalue weighted by Crippen LogP contribution is -2.35. The molecule has 2 rings (SSSR count). The fourth-order valence-corrected chi connectivity index (χ4v) is 2.59. The van der Waals surface area contributed by atoms with E-state index in [0.29, 0.717) is 5.56 Å². The maximum absolute atomic E-state index is 12.2. The van der Waals surface area contributed by atoms with Crippen LogP contribution in [0.4, 0.5) is 14.5 Å². The second kappa shape index (κ2) is 11.1. The quantitative estimate of drug-likeness (QED) is 0.581. The first-order valence-electron chi connectivity index (χ1n) is 8.80. The van der Waals surface area contributed by atoms with Gasteiger partial charge in [-0.3, -0.25) is 14.4 Å². The Morgan fingerprint density at radius 2 is 1.80 bits per heavy atom. The number of ether oxygens (including phenoxy) is 2. The van der Waals surface area contributed by atoms with Gasteiger partial charge in [0, 0.05) is 17.3 Å². The van der Waals surface area contributed by atoms with E-state index in [2.05, 4.69) is 15.4 Å². The average molecular weight is 441 g/mol. The summed E-state index contributed by atoms with van der Waals surface area (Å²) in [5.74, 6) is -1.89. The highest BCUT2D eigenvalue weighted by Crippen LogP contribution is 2.28. The van der Waals surface area contributed by atoms with E-state index in [1.165, 1.54) is 18.2 Å². The lowest BCUT2D eigenvalue weighted by Gasteiger charge is -2.13. The molecule has 1 unspecified atom stereocenters. The van der Waals surface area contributed by atoms with Crippen LogP contribution in [0.1, 0.15) is 23.7 Å². The van der Waals surface area contributed by atoms with Crippen LogP contribution in [0.25, 0.3) is 0 Å². The Hall–Kier alpha value is -3.20. The third-order valence-corrected chi connectivity index (χ3v) is 3.98. The van der Waals surface area contributed by atoms with Crippen LogP contribution in [0.5, 0.6) is 5.75 Å². The van der Waals surface area contributed by atoms with Gasteiger partial charge in [-0.25, -0.2) is 0 Å². The molecular formula is C20H19ClF2N2O5. The maximum atomic E-state index is 12.2. The minimum Gasteiger partial charge on any atom is -0.455 e. The molecule has 0 fully saturated rings. The van der Waals surface area contributed by atoms with Crippen molar-refractivity contribution in [2.45, 2.75) is 26.0 Å². The first-order valence-corrected chi connectivity index (χ1v) is 9.18. The second-order valence-electron chi connectivity index (χ2n) is 6.18. The summed E-state index contributed by atoms with van der Waals surface area (Å²) < 4.78 is 33.5. The number of carbonyl (C=O) groups is 3. The van der Waals surface area contributed by atoms with Crippen LogP contribution in [-0.4, -0.2) is 37.0 Å². The van der Waals surface area contributed by atoms with Gasteiger partial charge in [-0.15, -0.1) is 0 Å². The summed E-state index contributed by atoms with van der Waals surface area (Å²) >= 11 is 5.80. The molecule has 0 spiro atoms. The molecular weight excluding hydrogens is 422 g/mol.